The van der Waals surface area contributed by atoms with E-state index in [1.54, 1.807) is 0 Å². The number of aryl methyl sites for hydroxylation is 1. The van der Waals surface area contributed by atoms with Crippen LogP contribution in [0.3, 0.4) is 0 Å². The molecule has 4 N–H and O–H groups in total. The van der Waals surface area contributed by atoms with E-state index in [9.17, 15) is 4.79 Å². The molecule has 1 aromatic rings. The van der Waals surface area contributed by atoms with Crippen LogP contribution in [-0.4, -0.2) is 15.9 Å². The average Bonchev–Trinajstić information content (AvgIpc) is 2.25. The Labute approximate surface area is 86.8 Å². The van der Waals surface area contributed by atoms with Crippen molar-refractivity contribution in [3.63, 3.8) is 0 Å². The van der Waals surface area contributed by atoms with Gasteiger partial charge in [0.05, 0.1) is 5.03 Å². The van der Waals surface area contributed by atoms with Gasteiger partial charge in [-0.15, -0.1) is 0 Å². The highest BCUT2D eigenvalue weighted by Gasteiger charge is 2.15. The Morgan fingerprint density at radius 1 is 1.50 bits per heavy atom. The molecule has 0 atom stereocenters. The monoisotopic (exact) mass is 211 g/mol. The van der Waals surface area contributed by atoms with Crippen molar-refractivity contribution in [2.45, 2.75) is 25.8 Å². The molecule has 0 aliphatic rings. The number of hydrogen-bond acceptors (Lipinski definition) is 3. The molecule has 0 saturated heterocycles. The number of Topliss-reactive ketones (excluding diaryl/α,β-unsaturated/α-hetero) is 1. The summed E-state index contributed by atoms with van der Waals surface area (Å²) in [6.07, 6.45) is 0. The summed E-state index contributed by atoms with van der Waals surface area (Å²) in [6.45, 7) is 5.23. The van der Waals surface area contributed by atoms with Gasteiger partial charge in [-0.1, -0.05) is 0 Å². The van der Waals surface area contributed by atoms with Crippen molar-refractivity contribution < 1.29 is 4.79 Å². The Kier molecular flexibility index (Phi) is 3.00. The van der Waals surface area contributed by atoms with E-state index in [0.717, 1.165) is 28.0 Å². The molecule has 1 aromatic heterocycles. The Hall–Kier alpha value is -1.23. The smallest absolute Gasteiger partial charge is 0.161 e. The number of thioether (sulfide) groups is 1. The van der Waals surface area contributed by atoms with Gasteiger partial charge in [0.25, 0.3) is 0 Å². The molecule has 0 unspecified atom stereocenters. The third-order valence-electron chi connectivity index (χ3n) is 1.96. The first-order valence-corrected chi connectivity index (χ1v) is 4.97. The molecule has 0 spiro atoms. The lowest BCUT2D eigenvalue weighted by molar-refractivity contribution is 0.101. The number of rotatable bonds is 2. The third-order valence-corrected chi connectivity index (χ3v) is 2.79. The van der Waals surface area contributed by atoms with E-state index >= 15 is 0 Å². The van der Waals surface area contributed by atoms with Gasteiger partial charge in [0.1, 0.15) is 0 Å². The van der Waals surface area contributed by atoms with Crippen molar-refractivity contribution in [3.8, 4) is 0 Å². The van der Waals surface area contributed by atoms with E-state index < -0.39 is 0 Å². The molecule has 0 fully saturated rings. The van der Waals surface area contributed by atoms with Gasteiger partial charge in [0.15, 0.2) is 11.0 Å². The molecule has 0 amide bonds. The molecule has 0 saturated carbocycles. The summed E-state index contributed by atoms with van der Waals surface area (Å²) in [4.78, 5) is 14.3. The summed E-state index contributed by atoms with van der Waals surface area (Å²) in [5.74, 6) is 0.0339. The fourth-order valence-corrected chi connectivity index (χ4v) is 2.14. The van der Waals surface area contributed by atoms with Gasteiger partial charge in [-0.2, -0.15) is 0 Å². The average molecular weight is 211 g/mol. The van der Waals surface area contributed by atoms with Crippen LogP contribution in [0.2, 0.25) is 0 Å². The van der Waals surface area contributed by atoms with E-state index in [1.807, 2.05) is 13.8 Å². The molecule has 0 radical (unpaired) electrons. The van der Waals surface area contributed by atoms with E-state index in [4.69, 9.17) is 11.1 Å². The maximum Gasteiger partial charge on any atom is 0.161 e. The first-order valence-electron chi connectivity index (χ1n) is 4.15. The van der Waals surface area contributed by atoms with E-state index in [0.29, 0.717) is 5.56 Å². The van der Waals surface area contributed by atoms with Gasteiger partial charge in [-0.3, -0.25) is 10.2 Å². The molecule has 1 heterocycles. The van der Waals surface area contributed by atoms with Crippen LogP contribution < -0.4 is 5.73 Å². The fraction of sp³-hybridized carbons (Fsp3) is 0.333. The van der Waals surface area contributed by atoms with Crippen molar-refractivity contribution in [2.24, 2.45) is 5.73 Å². The summed E-state index contributed by atoms with van der Waals surface area (Å²) in [7, 11) is 0. The van der Waals surface area contributed by atoms with Crippen molar-refractivity contribution >= 4 is 22.7 Å². The zero-order valence-corrected chi connectivity index (χ0v) is 9.21. The molecular weight excluding hydrogens is 198 g/mol. The predicted molar refractivity (Wildman–Crippen MR) is 58.0 cm³/mol. The lowest BCUT2D eigenvalue weighted by Gasteiger charge is -1.97. The number of nitrogens with one attached hydrogen (secondary N) is 2. The maximum atomic E-state index is 11.3. The van der Waals surface area contributed by atoms with Crippen LogP contribution in [0.25, 0.3) is 0 Å². The Balaban J connectivity index is 3.16. The summed E-state index contributed by atoms with van der Waals surface area (Å²) >= 11 is 1.13. The number of carbonyl (C=O) groups excluding carboxylic acids is 1. The lowest BCUT2D eigenvalue weighted by atomic mass is 10.1. The molecule has 0 aromatic carbocycles. The summed E-state index contributed by atoms with van der Waals surface area (Å²) in [5, 5.41) is 7.95. The van der Waals surface area contributed by atoms with Crippen LogP contribution >= 0.6 is 11.8 Å². The zero-order chi connectivity index (χ0) is 10.9. The number of aromatic nitrogens is 1. The Morgan fingerprint density at radius 3 is 2.43 bits per heavy atom. The van der Waals surface area contributed by atoms with E-state index in [-0.39, 0.29) is 11.0 Å². The number of carbonyl (C=O) groups is 1. The van der Waals surface area contributed by atoms with E-state index in [1.165, 1.54) is 6.92 Å². The van der Waals surface area contributed by atoms with Gasteiger partial charge in [0.2, 0.25) is 0 Å². The Bertz CT molecular complexity index is 395. The largest absolute Gasteiger partial charge is 0.378 e. The third kappa shape index (κ3) is 1.98. The number of nitrogens with two attached hydrogens (primary N) is 1. The fourth-order valence-electron chi connectivity index (χ4n) is 1.46. The van der Waals surface area contributed by atoms with Crippen LogP contribution in [0.1, 0.15) is 28.5 Å². The summed E-state index contributed by atoms with van der Waals surface area (Å²) < 4.78 is 0. The minimum absolute atomic E-state index is 0.0180. The second kappa shape index (κ2) is 3.88. The topological polar surface area (TPSA) is 82.7 Å². The van der Waals surface area contributed by atoms with Gasteiger partial charge in [-0.25, -0.2) is 0 Å². The normalized spacial score (nSPS) is 10.2. The van der Waals surface area contributed by atoms with Crippen LogP contribution in [0.4, 0.5) is 0 Å². The summed E-state index contributed by atoms with van der Waals surface area (Å²) in [5.41, 5.74) is 7.68. The molecule has 4 nitrogen and oxygen atoms in total. The zero-order valence-electron chi connectivity index (χ0n) is 8.39. The highest BCUT2D eigenvalue weighted by Crippen LogP contribution is 2.26. The van der Waals surface area contributed by atoms with Crippen LogP contribution in [0.15, 0.2) is 5.03 Å². The second-order valence-corrected chi connectivity index (χ2v) is 4.15. The molecule has 5 heteroatoms. The van der Waals surface area contributed by atoms with Crippen molar-refractivity contribution in [2.75, 3.05) is 0 Å². The highest BCUT2D eigenvalue weighted by molar-refractivity contribution is 8.13. The molecule has 14 heavy (non-hydrogen) atoms. The quantitative estimate of drug-likeness (QED) is 0.302. The minimum atomic E-state index is 0.0180. The number of H-pyrrole nitrogens is 1. The second-order valence-electron chi connectivity index (χ2n) is 3.10. The van der Waals surface area contributed by atoms with Gasteiger partial charge < -0.3 is 10.7 Å². The first kappa shape index (κ1) is 10.8. The maximum absolute atomic E-state index is 11.3. The molecular formula is C9H13N3OS. The molecule has 1 rings (SSSR count). The minimum Gasteiger partial charge on any atom is -0.378 e. The van der Waals surface area contributed by atoms with Gasteiger partial charge in [-0.05, 0) is 38.1 Å². The number of amidine groups is 1. The number of ketones is 1. The molecule has 0 bridgehead atoms. The standard InChI is InChI=1S/C9H13N3OS/c1-4-7(6(3)13)5(2)12-8(4)14-9(10)11/h12H,1-3H3,(H3,10,11). The predicted octanol–water partition coefficient (Wildman–Crippen LogP) is 1.82. The number of aromatic amines is 1. The molecule has 0 aliphatic carbocycles. The number of hydrogen-bond donors (Lipinski definition) is 3. The van der Waals surface area contributed by atoms with E-state index in [2.05, 4.69) is 4.98 Å². The van der Waals surface area contributed by atoms with Crippen molar-refractivity contribution in [3.05, 3.63) is 16.8 Å². The molecule has 76 valence electrons. The molecule has 0 aliphatic heterocycles. The SMILES string of the molecule is CC(=O)c1c(C)[nH]c(SC(=N)N)c1C. The lowest BCUT2D eigenvalue weighted by Crippen LogP contribution is -2.03. The highest BCUT2D eigenvalue weighted by atomic mass is 32.2. The van der Waals surface area contributed by atoms with Gasteiger partial charge in [0, 0.05) is 11.3 Å². The van der Waals surface area contributed by atoms with Crippen molar-refractivity contribution in [1.29, 1.82) is 5.41 Å². The van der Waals surface area contributed by atoms with Crippen molar-refractivity contribution in [1.82, 2.24) is 4.98 Å². The first-order chi connectivity index (χ1) is 6.43. The van der Waals surface area contributed by atoms with Gasteiger partial charge >= 0.3 is 0 Å². The Morgan fingerprint density at radius 2 is 2.07 bits per heavy atom. The summed E-state index contributed by atoms with van der Waals surface area (Å²) in [6, 6.07) is 0. The van der Waals surface area contributed by atoms with Crippen LogP contribution in [0, 0.1) is 19.3 Å². The van der Waals surface area contributed by atoms with Crippen LogP contribution in [-0.2, 0) is 0 Å². The van der Waals surface area contributed by atoms with Crippen LogP contribution in [0.5, 0.6) is 0 Å².